The number of anilines is 2. The van der Waals surface area contributed by atoms with Gasteiger partial charge in [-0.2, -0.15) is 0 Å². The third-order valence-corrected chi connectivity index (χ3v) is 4.38. The molecular weight excluding hydrogens is 326 g/mol. The maximum Gasteiger partial charge on any atom is 0.263 e. The van der Waals surface area contributed by atoms with E-state index in [-0.39, 0.29) is 10.7 Å². The molecule has 1 aromatic carbocycles. The lowest BCUT2D eigenvalue weighted by atomic mass is 10.4. The molecule has 6 nitrogen and oxygen atoms in total. The SMILES string of the molecule is COCCNc1ccc(NS(=O)(=O)c2ccc(Cl)cc2)nc1. The van der Waals surface area contributed by atoms with Crippen molar-refractivity contribution in [1.82, 2.24) is 4.98 Å². The predicted octanol–water partition coefficient (Wildman–Crippen LogP) is 2.59. The predicted molar refractivity (Wildman–Crippen MR) is 86.9 cm³/mol. The number of methoxy groups -OCH3 is 1. The van der Waals surface area contributed by atoms with E-state index in [0.717, 1.165) is 5.69 Å². The van der Waals surface area contributed by atoms with Crippen molar-refractivity contribution in [2.24, 2.45) is 0 Å². The summed E-state index contributed by atoms with van der Waals surface area (Å²) in [5.74, 6) is 0.243. The lowest BCUT2D eigenvalue weighted by Gasteiger charge is -2.09. The second kappa shape index (κ2) is 7.44. The second-order valence-electron chi connectivity index (χ2n) is 4.41. The summed E-state index contributed by atoms with van der Waals surface area (Å²) < 4.78 is 31.7. The van der Waals surface area contributed by atoms with Gasteiger partial charge in [0.05, 0.1) is 23.4 Å². The fourth-order valence-corrected chi connectivity index (χ4v) is 2.80. The summed E-state index contributed by atoms with van der Waals surface area (Å²) in [5.41, 5.74) is 0.784. The van der Waals surface area contributed by atoms with E-state index in [2.05, 4.69) is 15.0 Å². The van der Waals surface area contributed by atoms with Gasteiger partial charge in [0, 0.05) is 18.7 Å². The highest BCUT2D eigenvalue weighted by molar-refractivity contribution is 7.92. The van der Waals surface area contributed by atoms with Gasteiger partial charge in [-0.1, -0.05) is 11.6 Å². The van der Waals surface area contributed by atoms with Crippen LogP contribution in [0.1, 0.15) is 0 Å². The van der Waals surface area contributed by atoms with E-state index in [1.54, 1.807) is 25.4 Å². The molecule has 0 amide bonds. The zero-order chi connectivity index (χ0) is 16.0. The molecule has 2 rings (SSSR count). The van der Waals surface area contributed by atoms with Crippen molar-refractivity contribution >= 4 is 33.1 Å². The van der Waals surface area contributed by atoms with Crippen LogP contribution in [0.4, 0.5) is 11.5 Å². The molecule has 0 atom stereocenters. The normalized spacial score (nSPS) is 11.2. The van der Waals surface area contributed by atoms with E-state index in [1.807, 2.05) is 0 Å². The molecule has 0 unspecified atom stereocenters. The van der Waals surface area contributed by atoms with E-state index >= 15 is 0 Å². The number of nitrogens with zero attached hydrogens (tertiary/aromatic N) is 1. The number of hydrogen-bond acceptors (Lipinski definition) is 5. The van der Waals surface area contributed by atoms with Gasteiger partial charge in [-0.05, 0) is 36.4 Å². The summed E-state index contributed by atoms with van der Waals surface area (Å²) in [6.07, 6.45) is 1.55. The highest BCUT2D eigenvalue weighted by Gasteiger charge is 2.14. The van der Waals surface area contributed by atoms with E-state index in [1.165, 1.54) is 24.3 Å². The van der Waals surface area contributed by atoms with Gasteiger partial charge >= 0.3 is 0 Å². The first kappa shape index (κ1) is 16.5. The van der Waals surface area contributed by atoms with Crippen LogP contribution in [0.5, 0.6) is 0 Å². The zero-order valence-corrected chi connectivity index (χ0v) is 13.5. The van der Waals surface area contributed by atoms with Crippen molar-refractivity contribution in [3.8, 4) is 0 Å². The van der Waals surface area contributed by atoms with Crippen LogP contribution < -0.4 is 10.0 Å². The van der Waals surface area contributed by atoms with Crippen LogP contribution in [0.3, 0.4) is 0 Å². The topological polar surface area (TPSA) is 80.3 Å². The van der Waals surface area contributed by atoms with Gasteiger partial charge in [0.2, 0.25) is 0 Å². The maximum atomic E-state index is 12.2. The third kappa shape index (κ3) is 4.59. The number of halogens is 1. The summed E-state index contributed by atoms with van der Waals surface area (Å²) in [5, 5.41) is 3.57. The van der Waals surface area contributed by atoms with Crippen LogP contribution in [0.25, 0.3) is 0 Å². The second-order valence-corrected chi connectivity index (χ2v) is 6.53. The van der Waals surface area contributed by atoms with E-state index in [0.29, 0.717) is 18.2 Å². The molecule has 118 valence electrons. The van der Waals surface area contributed by atoms with Crippen molar-refractivity contribution < 1.29 is 13.2 Å². The van der Waals surface area contributed by atoms with Crippen LogP contribution >= 0.6 is 11.6 Å². The Balaban J connectivity index is 2.05. The van der Waals surface area contributed by atoms with Crippen LogP contribution in [0.15, 0.2) is 47.5 Å². The summed E-state index contributed by atoms with van der Waals surface area (Å²) in [6.45, 7) is 1.22. The Morgan fingerprint density at radius 3 is 2.50 bits per heavy atom. The molecule has 0 aliphatic rings. The Morgan fingerprint density at radius 2 is 1.91 bits per heavy atom. The first-order valence-corrected chi connectivity index (χ1v) is 8.34. The molecule has 0 saturated carbocycles. The number of rotatable bonds is 7. The van der Waals surface area contributed by atoms with Gasteiger partial charge in [0.15, 0.2) is 0 Å². The van der Waals surface area contributed by atoms with Gasteiger partial charge in [-0.15, -0.1) is 0 Å². The number of sulfonamides is 1. The third-order valence-electron chi connectivity index (χ3n) is 2.76. The number of pyridine rings is 1. The number of aromatic nitrogens is 1. The average molecular weight is 342 g/mol. The molecule has 0 radical (unpaired) electrons. The molecule has 0 bridgehead atoms. The van der Waals surface area contributed by atoms with Gasteiger partial charge in [0.1, 0.15) is 5.82 Å². The van der Waals surface area contributed by atoms with Crippen LogP contribution in [-0.2, 0) is 14.8 Å². The summed E-state index contributed by atoms with van der Waals surface area (Å²) in [7, 11) is -2.06. The maximum absolute atomic E-state index is 12.2. The molecule has 2 aromatic rings. The molecule has 0 fully saturated rings. The highest BCUT2D eigenvalue weighted by Crippen LogP contribution is 2.18. The smallest absolute Gasteiger partial charge is 0.263 e. The lowest BCUT2D eigenvalue weighted by molar-refractivity contribution is 0.211. The first-order valence-electron chi connectivity index (χ1n) is 6.48. The standard InChI is InChI=1S/C14H16ClN3O3S/c1-21-9-8-16-12-4-7-14(17-10-12)18-22(19,20)13-5-2-11(15)3-6-13/h2-7,10,16H,8-9H2,1H3,(H,17,18). The largest absolute Gasteiger partial charge is 0.383 e. The van der Waals surface area contributed by atoms with Crippen molar-refractivity contribution in [3.63, 3.8) is 0 Å². The Bertz CT molecular complexity index is 703. The Hall–Kier alpha value is -1.83. The fraction of sp³-hybridized carbons (Fsp3) is 0.214. The lowest BCUT2D eigenvalue weighted by Crippen LogP contribution is -2.14. The monoisotopic (exact) mass is 341 g/mol. The fourth-order valence-electron chi connectivity index (χ4n) is 1.67. The van der Waals surface area contributed by atoms with Crippen molar-refractivity contribution in [2.45, 2.75) is 4.90 Å². The summed E-state index contributed by atoms with van der Waals surface area (Å²) in [6, 6.07) is 9.24. The number of ether oxygens (including phenoxy) is 1. The van der Waals surface area contributed by atoms with E-state index in [4.69, 9.17) is 16.3 Å². The number of nitrogens with one attached hydrogen (secondary N) is 2. The van der Waals surface area contributed by atoms with Crippen LogP contribution in [0.2, 0.25) is 5.02 Å². The zero-order valence-electron chi connectivity index (χ0n) is 11.9. The first-order chi connectivity index (χ1) is 10.5. The molecule has 1 heterocycles. The van der Waals surface area contributed by atoms with Gasteiger partial charge < -0.3 is 10.1 Å². The molecular formula is C14H16ClN3O3S. The van der Waals surface area contributed by atoms with Gasteiger partial charge in [-0.3, -0.25) is 4.72 Å². The number of hydrogen-bond donors (Lipinski definition) is 2. The molecule has 2 N–H and O–H groups in total. The highest BCUT2D eigenvalue weighted by atomic mass is 35.5. The van der Waals surface area contributed by atoms with E-state index < -0.39 is 10.0 Å². The minimum atomic E-state index is -3.68. The Labute approximate surface area is 134 Å². The minimum Gasteiger partial charge on any atom is -0.383 e. The quantitative estimate of drug-likeness (QED) is 0.757. The number of benzene rings is 1. The molecule has 8 heteroatoms. The molecule has 1 aromatic heterocycles. The van der Waals surface area contributed by atoms with Gasteiger partial charge in [-0.25, -0.2) is 13.4 Å². The Morgan fingerprint density at radius 1 is 1.18 bits per heavy atom. The van der Waals surface area contributed by atoms with E-state index in [9.17, 15) is 8.42 Å². The summed E-state index contributed by atoms with van der Waals surface area (Å²) in [4.78, 5) is 4.19. The Kier molecular flexibility index (Phi) is 5.59. The van der Waals surface area contributed by atoms with Gasteiger partial charge in [0.25, 0.3) is 10.0 Å². The molecule has 0 aliphatic heterocycles. The van der Waals surface area contributed by atoms with Crippen LogP contribution in [0, 0.1) is 0 Å². The molecule has 22 heavy (non-hydrogen) atoms. The molecule has 0 saturated heterocycles. The average Bonchev–Trinajstić information content (AvgIpc) is 2.49. The molecule has 0 spiro atoms. The minimum absolute atomic E-state index is 0.126. The van der Waals surface area contributed by atoms with Crippen molar-refractivity contribution in [3.05, 3.63) is 47.6 Å². The molecule has 0 aliphatic carbocycles. The van der Waals surface area contributed by atoms with Crippen molar-refractivity contribution in [2.75, 3.05) is 30.3 Å². The van der Waals surface area contributed by atoms with Crippen molar-refractivity contribution in [1.29, 1.82) is 0 Å². The van der Waals surface area contributed by atoms with Crippen LogP contribution in [-0.4, -0.2) is 33.7 Å². The summed E-state index contributed by atoms with van der Waals surface area (Å²) >= 11 is 5.75.